The molecule has 3 saturated carbocycles. The maximum atomic E-state index is 13.5. The van der Waals surface area contributed by atoms with Gasteiger partial charge in [0.25, 0.3) is 0 Å². The highest BCUT2D eigenvalue weighted by Crippen LogP contribution is 2.67. The number of hydrogen-bond acceptors (Lipinski definition) is 8. The van der Waals surface area contributed by atoms with Crippen molar-refractivity contribution >= 4 is 17.9 Å². The zero-order valence-electron chi connectivity index (χ0n) is 32.3. The summed E-state index contributed by atoms with van der Waals surface area (Å²) in [6, 6.07) is 4.86. The fraction of sp³-hybridized carbons (Fsp3) is 0.659. The molecule has 4 aliphatic rings. The van der Waals surface area contributed by atoms with E-state index in [9.17, 15) is 14.4 Å². The Morgan fingerprint density at radius 3 is 2.21 bits per heavy atom. The Hall–Kier alpha value is -3.55. The van der Waals surface area contributed by atoms with Crippen LogP contribution in [0.1, 0.15) is 116 Å². The Bertz CT molecular complexity index is 1480. The Balaban J connectivity index is 1.21. The second-order valence-electron chi connectivity index (χ2n) is 16.7. The molecule has 5 rings (SSSR count). The third-order valence-electron chi connectivity index (χ3n) is 13.2. The summed E-state index contributed by atoms with van der Waals surface area (Å²) in [7, 11) is 0. The predicted molar refractivity (Wildman–Crippen MR) is 202 cm³/mol. The standard InChI is InChI=1S/C44H62O8/c1-8-40(45)50-25-23-48-38-18-13-31(27-39(38)49-24-26-51-41(46)9-2)42(47)52-33-19-21-43(6)32(28-33)14-15-34-36-17-16-35(30(5)12-10-11-29(3)4)44(36,7)22-20-37(34)43/h8-9,13-14,18,27,29-30,33-37H,1-2,10-12,15-17,19-26,28H2,3-7H3. The van der Waals surface area contributed by atoms with Crippen LogP contribution in [0.4, 0.5) is 0 Å². The second-order valence-corrected chi connectivity index (χ2v) is 16.7. The van der Waals surface area contributed by atoms with Gasteiger partial charge in [-0.3, -0.25) is 0 Å². The van der Waals surface area contributed by atoms with Crippen molar-refractivity contribution in [2.45, 2.75) is 111 Å². The molecule has 52 heavy (non-hydrogen) atoms. The molecule has 8 nitrogen and oxygen atoms in total. The summed E-state index contributed by atoms with van der Waals surface area (Å²) in [6.45, 7) is 19.3. The van der Waals surface area contributed by atoms with E-state index in [2.05, 4.69) is 53.9 Å². The van der Waals surface area contributed by atoms with Gasteiger partial charge in [0.1, 0.15) is 32.5 Å². The van der Waals surface area contributed by atoms with E-state index in [1.165, 1.54) is 50.5 Å². The third kappa shape index (κ3) is 8.97. The van der Waals surface area contributed by atoms with E-state index in [4.69, 9.17) is 23.7 Å². The molecule has 0 amide bonds. The zero-order chi connectivity index (χ0) is 37.5. The Labute approximate surface area is 311 Å². The van der Waals surface area contributed by atoms with Crippen molar-refractivity contribution in [2.24, 2.45) is 46.3 Å². The van der Waals surface area contributed by atoms with Crippen molar-refractivity contribution in [2.75, 3.05) is 26.4 Å². The average Bonchev–Trinajstić information content (AvgIpc) is 3.49. The summed E-state index contributed by atoms with van der Waals surface area (Å²) in [5.74, 6) is 3.86. The quantitative estimate of drug-likeness (QED) is 0.0517. The lowest BCUT2D eigenvalue weighted by molar-refractivity contribution is -0.139. The molecule has 0 saturated heterocycles. The fourth-order valence-electron chi connectivity index (χ4n) is 10.5. The molecule has 8 unspecified atom stereocenters. The van der Waals surface area contributed by atoms with E-state index in [1.54, 1.807) is 18.2 Å². The van der Waals surface area contributed by atoms with E-state index >= 15 is 0 Å². The van der Waals surface area contributed by atoms with Gasteiger partial charge in [0, 0.05) is 18.6 Å². The lowest BCUT2D eigenvalue weighted by Crippen LogP contribution is -2.51. The Morgan fingerprint density at radius 2 is 1.54 bits per heavy atom. The van der Waals surface area contributed by atoms with Crippen molar-refractivity contribution in [1.29, 1.82) is 0 Å². The van der Waals surface area contributed by atoms with Crippen LogP contribution in [-0.2, 0) is 23.8 Å². The molecule has 1 aromatic rings. The Morgan fingerprint density at radius 1 is 0.846 bits per heavy atom. The van der Waals surface area contributed by atoms with Gasteiger partial charge in [-0.05, 0) is 109 Å². The summed E-state index contributed by atoms with van der Waals surface area (Å²) in [5.41, 5.74) is 2.46. The third-order valence-corrected chi connectivity index (χ3v) is 13.2. The van der Waals surface area contributed by atoms with E-state index in [0.29, 0.717) is 28.4 Å². The summed E-state index contributed by atoms with van der Waals surface area (Å²) < 4.78 is 27.8. The van der Waals surface area contributed by atoms with Gasteiger partial charge in [0.05, 0.1) is 5.56 Å². The molecule has 1 aromatic carbocycles. The molecule has 0 spiro atoms. The molecule has 0 N–H and O–H groups in total. The number of benzene rings is 1. The van der Waals surface area contributed by atoms with Crippen LogP contribution in [0, 0.1) is 46.3 Å². The minimum absolute atomic E-state index is 0.00808. The molecule has 0 heterocycles. The molecule has 0 aromatic heterocycles. The number of rotatable bonds is 17. The fourth-order valence-corrected chi connectivity index (χ4v) is 10.5. The van der Waals surface area contributed by atoms with E-state index < -0.39 is 17.9 Å². The first-order valence-electron chi connectivity index (χ1n) is 19.8. The van der Waals surface area contributed by atoms with Crippen molar-refractivity contribution in [3.63, 3.8) is 0 Å². The van der Waals surface area contributed by atoms with Crippen LogP contribution in [0.3, 0.4) is 0 Å². The highest BCUT2D eigenvalue weighted by atomic mass is 16.6. The van der Waals surface area contributed by atoms with E-state index in [0.717, 1.165) is 67.4 Å². The highest BCUT2D eigenvalue weighted by Gasteiger charge is 2.59. The van der Waals surface area contributed by atoms with E-state index in [1.807, 2.05) is 0 Å². The number of allylic oxidation sites excluding steroid dienone is 1. The molecular formula is C44H62O8. The molecule has 3 fully saturated rings. The largest absolute Gasteiger partial charge is 0.486 e. The molecule has 286 valence electrons. The number of carbonyl (C=O) groups excluding carboxylic acids is 3. The van der Waals surface area contributed by atoms with Gasteiger partial charge in [-0.25, -0.2) is 14.4 Å². The first kappa shape index (κ1) is 39.7. The summed E-state index contributed by atoms with van der Waals surface area (Å²) in [4.78, 5) is 36.4. The van der Waals surface area contributed by atoms with Gasteiger partial charge >= 0.3 is 17.9 Å². The van der Waals surface area contributed by atoms with Crippen LogP contribution < -0.4 is 9.47 Å². The first-order chi connectivity index (χ1) is 24.9. The van der Waals surface area contributed by atoms with Crippen molar-refractivity contribution in [1.82, 2.24) is 0 Å². The van der Waals surface area contributed by atoms with Crippen molar-refractivity contribution in [3.8, 4) is 11.5 Å². The molecular weight excluding hydrogens is 656 g/mol. The van der Waals surface area contributed by atoms with Crippen molar-refractivity contribution < 1.29 is 38.1 Å². The second kappa shape index (κ2) is 17.5. The van der Waals surface area contributed by atoms with Crippen molar-refractivity contribution in [3.05, 3.63) is 60.7 Å². The number of esters is 3. The minimum atomic E-state index is -0.555. The molecule has 4 aliphatic carbocycles. The molecule has 0 radical (unpaired) electrons. The van der Waals surface area contributed by atoms with E-state index in [-0.39, 0.29) is 37.9 Å². The minimum Gasteiger partial charge on any atom is -0.486 e. The van der Waals surface area contributed by atoms with Crippen LogP contribution in [0.5, 0.6) is 11.5 Å². The highest BCUT2D eigenvalue weighted by molar-refractivity contribution is 5.90. The summed E-state index contributed by atoms with van der Waals surface area (Å²) >= 11 is 0. The lowest BCUT2D eigenvalue weighted by Gasteiger charge is -2.58. The molecule has 0 bridgehead atoms. The summed E-state index contributed by atoms with van der Waals surface area (Å²) in [5, 5.41) is 0. The van der Waals surface area contributed by atoms with Crippen LogP contribution >= 0.6 is 0 Å². The monoisotopic (exact) mass is 718 g/mol. The van der Waals surface area contributed by atoms with Gasteiger partial charge in [0.15, 0.2) is 11.5 Å². The van der Waals surface area contributed by atoms with Gasteiger partial charge in [0.2, 0.25) is 0 Å². The zero-order valence-corrected chi connectivity index (χ0v) is 32.3. The number of fused-ring (bicyclic) bond motifs is 5. The van der Waals surface area contributed by atoms with Gasteiger partial charge < -0.3 is 23.7 Å². The van der Waals surface area contributed by atoms with Crippen LogP contribution in [0.15, 0.2) is 55.2 Å². The number of carbonyl (C=O) groups is 3. The van der Waals surface area contributed by atoms with Crippen LogP contribution in [0.25, 0.3) is 0 Å². The van der Waals surface area contributed by atoms with Gasteiger partial charge in [-0.2, -0.15) is 0 Å². The van der Waals surface area contributed by atoms with Crippen LogP contribution in [-0.4, -0.2) is 50.4 Å². The maximum Gasteiger partial charge on any atom is 0.338 e. The normalized spacial score (nSPS) is 29.7. The first-order valence-corrected chi connectivity index (χ1v) is 19.8. The smallest absolute Gasteiger partial charge is 0.338 e. The Kier molecular flexibility index (Phi) is 13.4. The van der Waals surface area contributed by atoms with Gasteiger partial charge in [-0.1, -0.05) is 78.7 Å². The molecule has 8 heteroatoms. The molecule has 8 atom stereocenters. The maximum absolute atomic E-state index is 13.5. The topological polar surface area (TPSA) is 97.4 Å². The van der Waals surface area contributed by atoms with Crippen LogP contribution in [0.2, 0.25) is 0 Å². The predicted octanol–water partition coefficient (Wildman–Crippen LogP) is 9.47. The summed E-state index contributed by atoms with van der Waals surface area (Å²) in [6.07, 6.45) is 17.9. The SMILES string of the molecule is C=CC(=O)OCCOc1ccc(C(=O)OC2CCC3(C)C(=CCC4C3CCC3(C)C(C(C)CCCC(C)C)CCC43)C2)cc1OCCOC(=O)C=C. The molecule has 0 aliphatic heterocycles. The number of ether oxygens (including phenoxy) is 5. The average molecular weight is 719 g/mol. The lowest BCUT2D eigenvalue weighted by atomic mass is 9.47. The number of hydrogen-bond donors (Lipinski definition) is 0. The van der Waals surface area contributed by atoms with Gasteiger partial charge in [-0.15, -0.1) is 0 Å².